The van der Waals surface area contributed by atoms with Gasteiger partial charge in [-0.1, -0.05) is 0 Å². The molecule has 0 spiro atoms. The highest BCUT2D eigenvalue weighted by atomic mass is 127. The molecule has 1 aliphatic rings. The van der Waals surface area contributed by atoms with Gasteiger partial charge in [0.2, 0.25) is 0 Å². The number of rotatable bonds is 5. The van der Waals surface area contributed by atoms with Crippen molar-refractivity contribution >= 4 is 34.0 Å². The van der Waals surface area contributed by atoms with Gasteiger partial charge >= 0.3 is 0 Å². The fourth-order valence-corrected chi connectivity index (χ4v) is 2.81. The van der Waals surface area contributed by atoms with Crippen molar-refractivity contribution in [2.75, 3.05) is 31.5 Å². The first kappa shape index (κ1) is 13.5. The van der Waals surface area contributed by atoms with Gasteiger partial charge in [-0.2, -0.15) is 0 Å². The first-order valence-electron chi connectivity index (χ1n) is 6.07. The van der Waals surface area contributed by atoms with Crippen LogP contribution in [-0.4, -0.2) is 36.0 Å². The summed E-state index contributed by atoms with van der Waals surface area (Å²) in [6.45, 7) is 4.30. The Morgan fingerprint density at radius 3 is 2.72 bits per heavy atom. The summed E-state index contributed by atoms with van der Waals surface area (Å²) in [5.74, 6) is 0. The minimum atomic E-state index is -0.365. The van der Waals surface area contributed by atoms with E-state index < -0.39 is 0 Å². The van der Waals surface area contributed by atoms with Gasteiger partial charge in [-0.3, -0.25) is 10.1 Å². The summed E-state index contributed by atoms with van der Waals surface area (Å²) in [4.78, 5) is 12.7. The Labute approximate surface area is 120 Å². The highest BCUT2D eigenvalue weighted by Crippen LogP contribution is 2.23. The number of anilines is 1. The number of benzene rings is 1. The average molecular weight is 361 g/mol. The van der Waals surface area contributed by atoms with Crippen molar-refractivity contribution in [1.29, 1.82) is 0 Å². The van der Waals surface area contributed by atoms with E-state index in [0.29, 0.717) is 0 Å². The molecule has 1 saturated heterocycles. The molecule has 0 aliphatic carbocycles. The summed E-state index contributed by atoms with van der Waals surface area (Å²) in [6, 6.07) is 4.92. The summed E-state index contributed by atoms with van der Waals surface area (Å²) < 4.78 is 0.892. The molecule has 0 atom stereocenters. The van der Waals surface area contributed by atoms with Crippen molar-refractivity contribution in [3.63, 3.8) is 0 Å². The molecule has 1 heterocycles. The maximum absolute atomic E-state index is 10.6. The molecular weight excluding hydrogens is 345 g/mol. The molecule has 0 unspecified atom stereocenters. The lowest BCUT2D eigenvalue weighted by Crippen LogP contribution is -2.26. The Balaban J connectivity index is 1.87. The molecule has 1 aromatic rings. The minimum absolute atomic E-state index is 0.143. The number of hydrogen-bond acceptors (Lipinski definition) is 4. The molecule has 0 saturated carbocycles. The van der Waals surface area contributed by atoms with Gasteiger partial charge in [0.1, 0.15) is 0 Å². The molecule has 1 N–H and O–H groups in total. The van der Waals surface area contributed by atoms with E-state index in [2.05, 4.69) is 32.8 Å². The molecule has 5 nitrogen and oxygen atoms in total. The predicted octanol–water partition coefficient (Wildman–Crippen LogP) is 2.71. The monoisotopic (exact) mass is 361 g/mol. The molecule has 1 aromatic carbocycles. The van der Waals surface area contributed by atoms with Crippen molar-refractivity contribution in [3.8, 4) is 0 Å². The quantitative estimate of drug-likeness (QED) is 0.498. The number of non-ortho nitro benzene ring substituents is 1. The van der Waals surface area contributed by atoms with Gasteiger partial charge < -0.3 is 10.2 Å². The summed E-state index contributed by atoms with van der Waals surface area (Å²) in [5.41, 5.74) is 1.12. The van der Waals surface area contributed by atoms with Crippen molar-refractivity contribution in [2.45, 2.75) is 12.8 Å². The Morgan fingerprint density at radius 1 is 1.39 bits per heavy atom. The molecule has 0 radical (unpaired) electrons. The van der Waals surface area contributed by atoms with Crippen LogP contribution in [0.2, 0.25) is 0 Å². The molecule has 18 heavy (non-hydrogen) atoms. The van der Waals surface area contributed by atoms with Crippen LogP contribution in [-0.2, 0) is 0 Å². The maximum atomic E-state index is 10.6. The third-order valence-corrected chi connectivity index (χ3v) is 4.00. The van der Waals surface area contributed by atoms with Crippen LogP contribution in [0.4, 0.5) is 11.4 Å². The first-order chi connectivity index (χ1) is 8.66. The lowest BCUT2D eigenvalue weighted by Gasteiger charge is -2.15. The van der Waals surface area contributed by atoms with E-state index in [0.717, 1.165) is 22.3 Å². The first-order valence-corrected chi connectivity index (χ1v) is 7.15. The van der Waals surface area contributed by atoms with Gasteiger partial charge in [-0.15, -0.1) is 0 Å². The fraction of sp³-hybridized carbons (Fsp3) is 0.500. The van der Waals surface area contributed by atoms with Crippen LogP contribution in [0.1, 0.15) is 12.8 Å². The van der Waals surface area contributed by atoms with Crippen LogP contribution in [0.3, 0.4) is 0 Å². The molecule has 1 fully saturated rings. The molecular formula is C12H16IN3O2. The number of nitrogens with one attached hydrogen (secondary N) is 1. The maximum Gasteiger partial charge on any atom is 0.270 e. The number of likely N-dealkylation sites (tertiary alicyclic amines) is 1. The van der Waals surface area contributed by atoms with Gasteiger partial charge in [0.25, 0.3) is 5.69 Å². The highest BCUT2D eigenvalue weighted by Gasteiger charge is 2.11. The number of nitro benzene ring substituents is 1. The Kier molecular flexibility index (Phi) is 4.76. The van der Waals surface area contributed by atoms with Crippen LogP contribution in [0.5, 0.6) is 0 Å². The van der Waals surface area contributed by atoms with Crippen LogP contribution in [0, 0.1) is 13.7 Å². The van der Waals surface area contributed by atoms with E-state index in [1.807, 2.05) is 0 Å². The minimum Gasteiger partial charge on any atom is -0.383 e. The van der Waals surface area contributed by atoms with Gasteiger partial charge in [0.15, 0.2) is 0 Å². The van der Waals surface area contributed by atoms with E-state index in [4.69, 9.17) is 0 Å². The zero-order chi connectivity index (χ0) is 13.0. The second-order valence-electron chi connectivity index (χ2n) is 4.40. The van der Waals surface area contributed by atoms with Crippen LogP contribution < -0.4 is 5.32 Å². The second kappa shape index (κ2) is 6.33. The fourth-order valence-electron chi connectivity index (χ4n) is 2.12. The predicted molar refractivity (Wildman–Crippen MR) is 80.0 cm³/mol. The van der Waals surface area contributed by atoms with Crippen LogP contribution in [0.15, 0.2) is 18.2 Å². The number of hydrogen-bond donors (Lipinski definition) is 1. The summed E-state index contributed by atoms with van der Waals surface area (Å²) >= 11 is 2.13. The van der Waals surface area contributed by atoms with Gasteiger partial charge in [-0.25, -0.2) is 0 Å². The molecule has 1 aliphatic heterocycles. The van der Waals surface area contributed by atoms with Crippen LogP contribution >= 0.6 is 22.6 Å². The number of nitro groups is 1. The van der Waals surface area contributed by atoms with Crippen molar-refractivity contribution in [1.82, 2.24) is 4.90 Å². The van der Waals surface area contributed by atoms with Gasteiger partial charge in [0.05, 0.1) is 4.92 Å². The molecule has 6 heteroatoms. The van der Waals surface area contributed by atoms with E-state index in [1.54, 1.807) is 18.2 Å². The van der Waals surface area contributed by atoms with E-state index in [9.17, 15) is 10.1 Å². The van der Waals surface area contributed by atoms with E-state index >= 15 is 0 Å². The van der Waals surface area contributed by atoms with Crippen LogP contribution in [0.25, 0.3) is 0 Å². The van der Waals surface area contributed by atoms with E-state index in [1.165, 1.54) is 25.9 Å². The van der Waals surface area contributed by atoms with E-state index in [-0.39, 0.29) is 10.6 Å². The van der Waals surface area contributed by atoms with Crippen molar-refractivity contribution in [2.24, 2.45) is 0 Å². The molecule has 0 bridgehead atoms. The molecule has 2 rings (SSSR count). The standard InChI is InChI=1S/C12H16IN3O2/c13-11-9-10(16(17)18)3-4-12(11)14-5-8-15-6-1-2-7-15/h3-4,9,14H,1-2,5-8H2. The van der Waals surface area contributed by atoms with Crippen molar-refractivity contribution < 1.29 is 4.92 Å². The third-order valence-electron chi connectivity index (χ3n) is 3.11. The van der Waals surface area contributed by atoms with Gasteiger partial charge in [0, 0.05) is 34.5 Å². The Morgan fingerprint density at radius 2 is 2.11 bits per heavy atom. The molecule has 0 amide bonds. The Hall–Kier alpha value is -0.890. The summed E-state index contributed by atoms with van der Waals surface area (Å²) in [6.07, 6.45) is 2.60. The normalized spacial score (nSPS) is 15.8. The smallest absolute Gasteiger partial charge is 0.270 e. The molecule has 98 valence electrons. The third kappa shape index (κ3) is 3.55. The Bertz CT molecular complexity index is 433. The lowest BCUT2D eigenvalue weighted by atomic mass is 10.3. The second-order valence-corrected chi connectivity index (χ2v) is 5.56. The lowest BCUT2D eigenvalue weighted by molar-refractivity contribution is -0.384. The number of halogens is 1. The zero-order valence-electron chi connectivity index (χ0n) is 10.1. The topological polar surface area (TPSA) is 58.4 Å². The SMILES string of the molecule is O=[N+]([O-])c1ccc(NCCN2CCCC2)c(I)c1. The summed E-state index contributed by atoms with van der Waals surface area (Å²) in [7, 11) is 0. The molecule has 0 aromatic heterocycles. The largest absolute Gasteiger partial charge is 0.383 e. The zero-order valence-corrected chi connectivity index (χ0v) is 12.2. The summed E-state index contributed by atoms with van der Waals surface area (Å²) in [5, 5.41) is 14.0. The highest BCUT2D eigenvalue weighted by molar-refractivity contribution is 14.1. The average Bonchev–Trinajstić information content (AvgIpc) is 2.84. The van der Waals surface area contributed by atoms with Crippen molar-refractivity contribution in [3.05, 3.63) is 31.9 Å². The van der Waals surface area contributed by atoms with Gasteiger partial charge in [-0.05, 0) is 54.6 Å². The number of nitrogens with zero attached hydrogens (tertiary/aromatic N) is 2.